The minimum atomic E-state index is -0.00599. The highest BCUT2D eigenvalue weighted by atomic mass is 16.3. The molecular formula is C13H19N3O2. The van der Waals surface area contributed by atoms with Crippen molar-refractivity contribution in [3.63, 3.8) is 0 Å². The average Bonchev–Trinajstić information content (AvgIpc) is 2.91. The summed E-state index contributed by atoms with van der Waals surface area (Å²) in [6, 6.07) is 3.46. The van der Waals surface area contributed by atoms with E-state index in [1.54, 1.807) is 12.1 Å². The van der Waals surface area contributed by atoms with E-state index in [2.05, 4.69) is 4.90 Å². The quantitative estimate of drug-likeness (QED) is 0.848. The van der Waals surface area contributed by atoms with E-state index >= 15 is 0 Å². The van der Waals surface area contributed by atoms with Crippen molar-refractivity contribution in [2.75, 3.05) is 32.7 Å². The van der Waals surface area contributed by atoms with Crippen molar-refractivity contribution < 1.29 is 9.21 Å². The van der Waals surface area contributed by atoms with Crippen LogP contribution < -0.4 is 5.73 Å². The first-order valence-electron chi connectivity index (χ1n) is 6.50. The standard InChI is InChI=1S/C13H19N3O2/c14-13(3-4-13)10-15-5-7-16(8-6-15)12(17)11-2-1-9-18-11/h1-2,9H,3-8,10,14H2. The Morgan fingerprint density at radius 3 is 2.61 bits per heavy atom. The molecule has 1 aromatic rings. The normalized spacial score (nSPS) is 23.1. The summed E-state index contributed by atoms with van der Waals surface area (Å²) >= 11 is 0. The van der Waals surface area contributed by atoms with Crippen LogP contribution in [0.25, 0.3) is 0 Å². The van der Waals surface area contributed by atoms with Crippen LogP contribution in [0.2, 0.25) is 0 Å². The van der Waals surface area contributed by atoms with Crippen molar-refractivity contribution in [2.24, 2.45) is 5.73 Å². The molecule has 2 heterocycles. The second-order valence-corrected chi connectivity index (χ2v) is 5.41. The number of amides is 1. The highest BCUT2D eigenvalue weighted by Crippen LogP contribution is 2.33. The number of nitrogens with two attached hydrogens (primary N) is 1. The predicted molar refractivity (Wildman–Crippen MR) is 67.2 cm³/mol. The fourth-order valence-corrected chi connectivity index (χ4v) is 2.43. The van der Waals surface area contributed by atoms with Crippen molar-refractivity contribution in [1.29, 1.82) is 0 Å². The topological polar surface area (TPSA) is 62.7 Å². The molecule has 0 bridgehead atoms. The molecule has 5 nitrogen and oxygen atoms in total. The Balaban J connectivity index is 1.52. The molecule has 1 saturated carbocycles. The lowest BCUT2D eigenvalue weighted by atomic mass is 10.2. The second kappa shape index (κ2) is 4.40. The van der Waals surface area contributed by atoms with E-state index in [1.165, 1.54) is 6.26 Å². The second-order valence-electron chi connectivity index (χ2n) is 5.41. The molecule has 0 aromatic carbocycles. The van der Waals surface area contributed by atoms with Crippen LogP contribution >= 0.6 is 0 Å². The van der Waals surface area contributed by atoms with Crippen molar-refractivity contribution >= 4 is 5.91 Å². The Hall–Kier alpha value is -1.33. The molecule has 98 valence electrons. The van der Waals surface area contributed by atoms with Gasteiger partial charge in [-0.25, -0.2) is 0 Å². The summed E-state index contributed by atoms with van der Waals surface area (Å²) < 4.78 is 5.14. The number of furan rings is 1. The van der Waals surface area contributed by atoms with Gasteiger partial charge in [-0.1, -0.05) is 0 Å². The molecule has 2 N–H and O–H groups in total. The molecule has 2 fully saturated rings. The summed E-state index contributed by atoms with van der Waals surface area (Å²) in [4.78, 5) is 16.3. The van der Waals surface area contributed by atoms with Gasteiger partial charge in [-0.15, -0.1) is 0 Å². The van der Waals surface area contributed by atoms with Crippen molar-refractivity contribution in [1.82, 2.24) is 9.80 Å². The number of hydrogen-bond donors (Lipinski definition) is 1. The van der Waals surface area contributed by atoms with E-state index in [9.17, 15) is 4.79 Å². The number of carbonyl (C=O) groups is 1. The molecule has 1 saturated heterocycles. The van der Waals surface area contributed by atoms with E-state index in [0.717, 1.165) is 45.6 Å². The van der Waals surface area contributed by atoms with E-state index in [4.69, 9.17) is 10.2 Å². The Morgan fingerprint density at radius 1 is 1.33 bits per heavy atom. The zero-order chi connectivity index (χ0) is 12.6. The van der Waals surface area contributed by atoms with Crippen LogP contribution in [0.1, 0.15) is 23.4 Å². The molecule has 0 atom stereocenters. The molecule has 0 spiro atoms. The average molecular weight is 249 g/mol. The fraction of sp³-hybridized carbons (Fsp3) is 0.615. The van der Waals surface area contributed by atoms with Gasteiger partial charge in [0.25, 0.3) is 5.91 Å². The summed E-state index contributed by atoms with van der Waals surface area (Å²) in [6.45, 7) is 4.30. The smallest absolute Gasteiger partial charge is 0.289 e. The maximum atomic E-state index is 12.1. The molecule has 1 aliphatic heterocycles. The highest BCUT2D eigenvalue weighted by Gasteiger charge is 2.40. The van der Waals surface area contributed by atoms with Gasteiger partial charge in [-0.3, -0.25) is 9.69 Å². The summed E-state index contributed by atoms with van der Waals surface area (Å²) in [6.07, 6.45) is 3.81. The van der Waals surface area contributed by atoms with Gasteiger partial charge < -0.3 is 15.1 Å². The van der Waals surface area contributed by atoms with Crippen LogP contribution in [0.4, 0.5) is 0 Å². The van der Waals surface area contributed by atoms with Gasteiger partial charge in [0.1, 0.15) is 0 Å². The third-order valence-corrected chi connectivity index (χ3v) is 3.82. The van der Waals surface area contributed by atoms with Crippen molar-refractivity contribution in [3.05, 3.63) is 24.2 Å². The largest absolute Gasteiger partial charge is 0.459 e. The fourth-order valence-electron chi connectivity index (χ4n) is 2.43. The van der Waals surface area contributed by atoms with Gasteiger partial charge in [0.2, 0.25) is 0 Å². The summed E-state index contributed by atoms with van der Waals surface area (Å²) in [5, 5.41) is 0. The number of hydrogen-bond acceptors (Lipinski definition) is 4. The van der Waals surface area contributed by atoms with Crippen LogP contribution in [0, 0.1) is 0 Å². The van der Waals surface area contributed by atoms with Crippen molar-refractivity contribution in [2.45, 2.75) is 18.4 Å². The maximum absolute atomic E-state index is 12.1. The SMILES string of the molecule is NC1(CN2CCN(C(=O)c3ccco3)CC2)CC1. The molecule has 3 rings (SSSR count). The van der Waals surface area contributed by atoms with Crippen LogP contribution in [0.5, 0.6) is 0 Å². The van der Waals surface area contributed by atoms with Crippen LogP contribution in [-0.2, 0) is 0 Å². The van der Waals surface area contributed by atoms with Gasteiger partial charge in [-0.2, -0.15) is 0 Å². The third kappa shape index (κ3) is 2.42. The Morgan fingerprint density at radius 2 is 2.06 bits per heavy atom. The Bertz CT molecular complexity index is 417. The lowest BCUT2D eigenvalue weighted by Gasteiger charge is -2.35. The minimum Gasteiger partial charge on any atom is -0.459 e. The first kappa shape index (κ1) is 11.7. The number of rotatable bonds is 3. The molecule has 1 aromatic heterocycles. The van der Waals surface area contributed by atoms with Gasteiger partial charge in [-0.05, 0) is 25.0 Å². The highest BCUT2D eigenvalue weighted by molar-refractivity contribution is 5.91. The van der Waals surface area contributed by atoms with Gasteiger partial charge in [0.15, 0.2) is 5.76 Å². The zero-order valence-electron chi connectivity index (χ0n) is 10.5. The summed E-state index contributed by atoms with van der Waals surface area (Å²) in [7, 11) is 0. The lowest BCUT2D eigenvalue weighted by molar-refractivity contribution is 0.0597. The molecule has 1 aliphatic carbocycles. The van der Waals surface area contributed by atoms with Crippen LogP contribution in [0.15, 0.2) is 22.8 Å². The Kier molecular flexibility index (Phi) is 2.87. The summed E-state index contributed by atoms with van der Waals surface area (Å²) in [5.41, 5.74) is 6.17. The zero-order valence-corrected chi connectivity index (χ0v) is 10.5. The number of nitrogens with zero attached hydrogens (tertiary/aromatic N) is 2. The van der Waals surface area contributed by atoms with Crippen molar-refractivity contribution in [3.8, 4) is 0 Å². The first-order valence-corrected chi connectivity index (χ1v) is 6.50. The molecule has 18 heavy (non-hydrogen) atoms. The summed E-state index contributed by atoms with van der Waals surface area (Å²) in [5.74, 6) is 0.425. The monoisotopic (exact) mass is 249 g/mol. The van der Waals surface area contributed by atoms with Crippen LogP contribution in [-0.4, -0.2) is 54.0 Å². The van der Waals surface area contributed by atoms with Gasteiger partial charge in [0.05, 0.1) is 6.26 Å². The molecule has 1 amide bonds. The van der Waals surface area contributed by atoms with E-state index in [-0.39, 0.29) is 11.4 Å². The van der Waals surface area contributed by atoms with E-state index in [0.29, 0.717) is 5.76 Å². The van der Waals surface area contributed by atoms with E-state index < -0.39 is 0 Å². The van der Waals surface area contributed by atoms with E-state index in [1.807, 2.05) is 4.90 Å². The number of piperazine rings is 1. The molecule has 5 heteroatoms. The minimum absolute atomic E-state index is 0.00599. The third-order valence-electron chi connectivity index (χ3n) is 3.82. The van der Waals surface area contributed by atoms with Gasteiger partial charge in [0, 0.05) is 38.3 Å². The van der Waals surface area contributed by atoms with Gasteiger partial charge >= 0.3 is 0 Å². The molecular weight excluding hydrogens is 230 g/mol. The Labute approximate surface area is 107 Å². The predicted octanol–water partition coefficient (Wildman–Crippen LogP) is 0.529. The molecule has 0 unspecified atom stereocenters. The maximum Gasteiger partial charge on any atom is 0.289 e. The lowest BCUT2D eigenvalue weighted by Crippen LogP contribution is -2.52. The molecule has 0 radical (unpaired) electrons. The van der Waals surface area contributed by atoms with Crippen LogP contribution in [0.3, 0.4) is 0 Å². The molecule has 2 aliphatic rings. The number of carbonyl (C=O) groups excluding carboxylic acids is 1. The first-order chi connectivity index (χ1) is 8.66.